The Morgan fingerprint density at radius 1 is 1.00 bits per heavy atom. The Kier molecular flexibility index (Phi) is 4.80. The van der Waals surface area contributed by atoms with Crippen LogP contribution in [-0.2, 0) is 13.1 Å². The second-order valence-corrected chi connectivity index (χ2v) is 5.48. The van der Waals surface area contributed by atoms with Gasteiger partial charge in [0.1, 0.15) is 0 Å². The van der Waals surface area contributed by atoms with Crippen LogP contribution in [0.3, 0.4) is 0 Å². The highest BCUT2D eigenvalue weighted by Crippen LogP contribution is 2.20. The maximum absolute atomic E-state index is 3.21. The van der Waals surface area contributed by atoms with Gasteiger partial charge < -0.3 is 10.2 Å². The molecule has 0 unspecified atom stereocenters. The molecule has 1 N–H and O–H groups in total. The average Bonchev–Trinajstić information content (AvgIpc) is 2.44. The molecule has 0 aliphatic heterocycles. The van der Waals surface area contributed by atoms with Crippen LogP contribution in [-0.4, -0.2) is 14.1 Å². The molecule has 2 rings (SSSR count). The SMILES string of the molecule is CNCc1ccc(N(C)Cc2ccc(C)cc2)cc1C. The number of nitrogens with zero attached hydrogens (tertiary/aromatic N) is 1. The van der Waals surface area contributed by atoms with E-state index in [2.05, 4.69) is 73.6 Å². The third-order valence-electron chi connectivity index (χ3n) is 3.67. The summed E-state index contributed by atoms with van der Waals surface area (Å²) in [6.45, 7) is 6.16. The number of nitrogens with one attached hydrogen (secondary N) is 1. The lowest BCUT2D eigenvalue weighted by molar-refractivity contribution is 0.811. The van der Waals surface area contributed by atoms with Crippen molar-refractivity contribution in [2.45, 2.75) is 26.9 Å². The monoisotopic (exact) mass is 268 g/mol. The first-order valence-corrected chi connectivity index (χ1v) is 7.11. The van der Waals surface area contributed by atoms with Gasteiger partial charge in [-0.05, 0) is 49.7 Å². The fraction of sp³-hybridized carbons (Fsp3) is 0.333. The minimum Gasteiger partial charge on any atom is -0.370 e. The molecule has 106 valence electrons. The van der Waals surface area contributed by atoms with Gasteiger partial charge in [0, 0.05) is 25.8 Å². The third-order valence-corrected chi connectivity index (χ3v) is 3.67. The minimum atomic E-state index is 0.924. The molecule has 2 aromatic rings. The van der Waals surface area contributed by atoms with Crippen LogP contribution >= 0.6 is 0 Å². The van der Waals surface area contributed by atoms with E-state index in [-0.39, 0.29) is 0 Å². The lowest BCUT2D eigenvalue weighted by Gasteiger charge is -2.21. The lowest BCUT2D eigenvalue weighted by Crippen LogP contribution is -2.17. The van der Waals surface area contributed by atoms with E-state index in [1.165, 1.54) is 27.9 Å². The van der Waals surface area contributed by atoms with Crippen molar-refractivity contribution in [3.8, 4) is 0 Å². The van der Waals surface area contributed by atoms with Gasteiger partial charge in [0.15, 0.2) is 0 Å². The van der Waals surface area contributed by atoms with Crippen molar-refractivity contribution >= 4 is 5.69 Å². The number of anilines is 1. The molecule has 0 atom stereocenters. The topological polar surface area (TPSA) is 15.3 Å². The van der Waals surface area contributed by atoms with Gasteiger partial charge in [-0.15, -0.1) is 0 Å². The highest BCUT2D eigenvalue weighted by molar-refractivity contribution is 5.50. The molecule has 0 bridgehead atoms. The summed E-state index contributed by atoms with van der Waals surface area (Å²) in [5.41, 5.74) is 6.62. The average molecular weight is 268 g/mol. The van der Waals surface area contributed by atoms with Crippen LogP contribution in [0, 0.1) is 13.8 Å². The predicted octanol–water partition coefficient (Wildman–Crippen LogP) is 3.66. The molecular weight excluding hydrogens is 244 g/mol. The van der Waals surface area contributed by atoms with Gasteiger partial charge in [-0.3, -0.25) is 0 Å². The van der Waals surface area contributed by atoms with Crippen molar-refractivity contribution in [2.24, 2.45) is 0 Å². The second kappa shape index (κ2) is 6.58. The zero-order chi connectivity index (χ0) is 14.5. The quantitative estimate of drug-likeness (QED) is 0.890. The Morgan fingerprint density at radius 2 is 1.70 bits per heavy atom. The molecule has 2 heteroatoms. The van der Waals surface area contributed by atoms with E-state index in [9.17, 15) is 0 Å². The highest BCUT2D eigenvalue weighted by atomic mass is 15.1. The van der Waals surface area contributed by atoms with Gasteiger partial charge in [-0.2, -0.15) is 0 Å². The molecule has 0 amide bonds. The van der Waals surface area contributed by atoms with Gasteiger partial charge in [0.25, 0.3) is 0 Å². The molecule has 0 spiro atoms. The van der Waals surface area contributed by atoms with Gasteiger partial charge in [0.05, 0.1) is 0 Å². The highest BCUT2D eigenvalue weighted by Gasteiger charge is 2.05. The van der Waals surface area contributed by atoms with Gasteiger partial charge in [-0.1, -0.05) is 35.9 Å². The summed E-state index contributed by atoms with van der Waals surface area (Å²) >= 11 is 0. The largest absolute Gasteiger partial charge is 0.370 e. The number of hydrogen-bond donors (Lipinski definition) is 1. The maximum atomic E-state index is 3.21. The zero-order valence-corrected chi connectivity index (χ0v) is 12.9. The summed E-state index contributed by atoms with van der Waals surface area (Å²) in [6, 6.07) is 15.4. The smallest absolute Gasteiger partial charge is 0.0426 e. The van der Waals surface area contributed by atoms with Gasteiger partial charge in [0.2, 0.25) is 0 Å². The number of benzene rings is 2. The molecule has 0 heterocycles. The summed E-state index contributed by atoms with van der Waals surface area (Å²) in [6.07, 6.45) is 0. The summed E-state index contributed by atoms with van der Waals surface area (Å²) in [5.74, 6) is 0. The van der Waals surface area contributed by atoms with E-state index in [1.54, 1.807) is 0 Å². The molecule has 0 aliphatic carbocycles. The first kappa shape index (κ1) is 14.6. The van der Waals surface area contributed by atoms with E-state index in [0.29, 0.717) is 0 Å². The first-order valence-electron chi connectivity index (χ1n) is 7.11. The second-order valence-electron chi connectivity index (χ2n) is 5.48. The van der Waals surface area contributed by atoms with Crippen molar-refractivity contribution in [1.29, 1.82) is 0 Å². The number of aryl methyl sites for hydroxylation is 2. The molecule has 0 radical (unpaired) electrons. The molecule has 20 heavy (non-hydrogen) atoms. The number of rotatable bonds is 5. The van der Waals surface area contributed by atoms with E-state index < -0.39 is 0 Å². The van der Waals surface area contributed by atoms with E-state index in [1.807, 2.05) is 7.05 Å². The van der Waals surface area contributed by atoms with Gasteiger partial charge in [-0.25, -0.2) is 0 Å². The lowest BCUT2D eigenvalue weighted by atomic mass is 10.1. The van der Waals surface area contributed by atoms with Crippen molar-refractivity contribution in [2.75, 3.05) is 19.0 Å². The molecule has 2 nitrogen and oxygen atoms in total. The fourth-order valence-corrected chi connectivity index (χ4v) is 2.36. The summed E-state index contributed by atoms with van der Waals surface area (Å²) in [5, 5.41) is 3.21. The van der Waals surface area contributed by atoms with E-state index in [4.69, 9.17) is 0 Å². The normalized spacial score (nSPS) is 10.6. The standard InChI is InChI=1S/C18H24N2/c1-14-5-7-16(8-6-14)13-20(4)18-10-9-17(12-19-3)15(2)11-18/h5-11,19H,12-13H2,1-4H3. The molecule has 2 aromatic carbocycles. The van der Waals surface area contributed by atoms with Crippen LogP contribution in [0.25, 0.3) is 0 Å². The van der Waals surface area contributed by atoms with Gasteiger partial charge >= 0.3 is 0 Å². The fourth-order valence-electron chi connectivity index (χ4n) is 2.36. The zero-order valence-electron chi connectivity index (χ0n) is 12.9. The molecule has 0 saturated carbocycles. The van der Waals surface area contributed by atoms with Crippen molar-refractivity contribution in [3.05, 3.63) is 64.7 Å². The summed E-state index contributed by atoms with van der Waals surface area (Å²) in [4.78, 5) is 2.29. The Bertz CT molecular complexity index is 558. The van der Waals surface area contributed by atoms with Crippen LogP contribution in [0.1, 0.15) is 22.3 Å². The van der Waals surface area contributed by atoms with E-state index >= 15 is 0 Å². The van der Waals surface area contributed by atoms with E-state index in [0.717, 1.165) is 13.1 Å². The summed E-state index contributed by atoms with van der Waals surface area (Å²) in [7, 11) is 4.13. The van der Waals surface area contributed by atoms with Crippen LogP contribution in [0.2, 0.25) is 0 Å². The first-order chi connectivity index (χ1) is 9.60. The predicted molar refractivity (Wildman–Crippen MR) is 87.2 cm³/mol. The maximum Gasteiger partial charge on any atom is 0.0426 e. The Labute approximate surface area is 122 Å². The Hall–Kier alpha value is -1.80. The molecular formula is C18H24N2. The van der Waals surface area contributed by atoms with Crippen molar-refractivity contribution in [3.63, 3.8) is 0 Å². The van der Waals surface area contributed by atoms with Crippen LogP contribution in [0.15, 0.2) is 42.5 Å². The number of hydrogen-bond acceptors (Lipinski definition) is 2. The van der Waals surface area contributed by atoms with Crippen molar-refractivity contribution in [1.82, 2.24) is 5.32 Å². The molecule has 0 saturated heterocycles. The minimum absolute atomic E-state index is 0.924. The Balaban J connectivity index is 2.10. The van der Waals surface area contributed by atoms with Crippen LogP contribution in [0.4, 0.5) is 5.69 Å². The van der Waals surface area contributed by atoms with Crippen LogP contribution < -0.4 is 10.2 Å². The third kappa shape index (κ3) is 3.61. The molecule has 0 aliphatic rings. The summed E-state index contributed by atoms with van der Waals surface area (Å²) < 4.78 is 0. The van der Waals surface area contributed by atoms with Crippen molar-refractivity contribution < 1.29 is 0 Å². The van der Waals surface area contributed by atoms with Crippen LogP contribution in [0.5, 0.6) is 0 Å². The Morgan fingerprint density at radius 3 is 2.30 bits per heavy atom. The molecule has 0 fully saturated rings. The molecule has 0 aromatic heterocycles.